The molecule has 0 aliphatic carbocycles. The highest BCUT2D eigenvalue weighted by Crippen LogP contribution is 2.18. The Morgan fingerprint density at radius 2 is 2.15 bits per heavy atom. The molecule has 0 fully saturated rings. The number of anilines is 1. The number of aromatic carboxylic acids is 1. The second-order valence-electron chi connectivity index (χ2n) is 3.70. The van der Waals surface area contributed by atoms with Crippen LogP contribution >= 0.6 is 0 Å². The van der Waals surface area contributed by atoms with E-state index in [9.17, 15) is 17.6 Å². The molecule has 0 amide bonds. The summed E-state index contributed by atoms with van der Waals surface area (Å²) >= 11 is 0. The quantitative estimate of drug-likeness (QED) is 0.864. The van der Waals surface area contributed by atoms with E-state index in [1.54, 1.807) is 0 Å². The van der Waals surface area contributed by atoms with Crippen LogP contribution in [0.2, 0.25) is 0 Å². The van der Waals surface area contributed by atoms with Crippen molar-refractivity contribution in [3.05, 3.63) is 35.4 Å². The van der Waals surface area contributed by atoms with Crippen molar-refractivity contribution >= 4 is 22.0 Å². The van der Waals surface area contributed by atoms with Gasteiger partial charge < -0.3 is 9.63 Å². The molecule has 10 heteroatoms. The number of rotatable bonds is 4. The molecule has 0 radical (unpaired) electrons. The van der Waals surface area contributed by atoms with Gasteiger partial charge in [0, 0.05) is 0 Å². The number of aromatic nitrogens is 2. The third-order valence-electron chi connectivity index (χ3n) is 2.23. The molecule has 1 aromatic carbocycles. The molecule has 1 aromatic heterocycles. The van der Waals surface area contributed by atoms with Gasteiger partial charge in [-0.25, -0.2) is 22.3 Å². The maximum Gasteiger partial charge on any atom is 0.338 e. The van der Waals surface area contributed by atoms with Crippen LogP contribution in [0, 0.1) is 12.7 Å². The van der Waals surface area contributed by atoms with Crippen LogP contribution in [0.1, 0.15) is 16.2 Å². The Kier molecular flexibility index (Phi) is 3.40. The molecule has 0 atom stereocenters. The van der Waals surface area contributed by atoms with Crippen molar-refractivity contribution < 1.29 is 27.2 Å². The Morgan fingerprint density at radius 1 is 1.45 bits per heavy atom. The number of carboxylic acid groups (broad SMARTS) is 1. The number of nitrogens with zero attached hydrogens (tertiary/aromatic N) is 2. The molecule has 0 bridgehead atoms. The normalized spacial score (nSPS) is 11.3. The summed E-state index contributed by atoms with van der Waals surface area (Å²) in [5.74, 6) is -2.40. The summed E-state index contributed by atoms with van der Waals surface area (Å²) in [5.41, 5.74) is -0.755. The van der Waals surface area contributed by atoms with Gasteiger partial charge >= 0.3 is 12.0 Å². The molecule has 0 aliphatic rings. The van der Waals surface area contributed by atoms with Gasteiger partial charge in [0.15, 0.2) is 5.82 Å². The van der Waals surface area contributed by atoms with E-state index < -0.39 is 32.3 Å². The molecule has 20 heavy (non-hydrogen) atoms. The molecule has 0 spiro atoms. The zero-order valence-corrected chi connectivity index (χ0v) is 10.8. The van der Waals surface area contributed by atoms with E-state index in [1.807, 2.05) is 4.72 Å². The van der Waals surface area contributed by atoms with Gasteiger partial charge in [-0.1, -0.05) is 5.16 Å². The van der Waals surface area contributed by atoms with Crippen molar-refractivity contribution in [3.8, 4) is 0 Å². The summed E-state index contributed by atoms with van der Waals surface area (Å²) < 4.78 is 43.6. The van der Waals surface area contributed by atoms with Gasteiger partial charge in [-0.05, 0) is 25.1 Å². The molecule has 1 heterocycles. The van der Waals surface area contributed by atoms with E-state index in [0.717, 1.165) is 12.1 Å². The first-order valence-electron chi connectivity index (χ1n) is 5.15. The minimum Gasteiger partial charge on any atom is -0.478 e. The first-order valence-corrected chi connectivity index (χ1v) is 6.64. The first-order chi connectivity index (χ1) is 9.29. The Bertz CT molecular complexity index is 771. The van der Waals surface area contributed by atoms with Crippen molar-refractivity contribution in [2.24, 2.45) is 0 Å². The highest BCUT2D eigenvalue weighted by atomic mass is 32.2. The molecule has 0 aliphatic heterocycles. The van der Waals surface area contributed by atoms with Crippen LogP contribution in [0.3, 0.4) is 0 Å². The van der Waals surface area contributed by atoms with Crippen molar-refractivity contribution in [3.63, 3.8) is 0 Å². The monoisotopic (exact) mass is 301 g/mol. The molecule has 2 N–H and O–H groups in total. The fraction of sp³-hybridized carbons (Fsp3) is 0.100. The summed E-state index contributed by atoms with van der Waals surface area (Å²) in [6.45, 7) is 1.49. The van der Waals surface area contributed by atoms with Crippen LogP contribution in [-0.4, -0.2) is 29.6 Å². The lowest BCUT2D eigenvalue weighted by molar-refractivity contribution is 0.0691. The fourth-order valence-corrected chi connectivity index (χ4v) is 2.30. The molecule has 2 rings (SSSR count). The number of carboxylic acids is 1. The van der Waals surface area contributed by atoms with Crippen LogP contribution in [0.4, 0.5) is 10.4 Å². The van der Waals surface area contributed by atoms with Crippen molar-refractivity contribution in [2.45, 2.75) is 11.8 Å². The molecule has 2 aromatic rings. The molecule has 8 nitrogen and oxygen atoms in total. The summed E-state index contributed by atoms with van der Waals surface area (Å²) in [5, 5.41) is 12.1. The van der Waals surface area contributed by atoms with E-state index in [4.69, 9.17) is 5.11 Å². The smallest absolute Gasteiger partial charge is 0.338 e. The third kappa shape index (κ3) is 2.74. The first kappa shape index (κ1) is 13.9. The highest BCUT2D eigenvalue weighted by molar-refractivity contribution is 7.92. The zero-order valence-electron chi connectivity index (χ0n) is 9.99. The fourth-order valence-electron chi connectivity index (χ4n) is 1.35. The number of benzene rings is 1. The number of sulfonamides is 1. The van der Waals surface area contributed by atoms with E-state index in [-0.39, 0.29) is 11.8 Å². The van der Waals surface area contributed by atoms with E-state index in [0.29, 0.717) is 6.07 Å². The average molecular weight is 301 g/mol. The predicted molar refractivity (Wildman–Crippen MR) is 63.2 cm³/mol. The van der Waals surface area contributed by atoms with Gasteiger partial charge in [-0.15, -0.1) is 0 Å². The number of aryl methyl sites for hydroxylation is 1. The summed E-state index contributed by atoms with van der Waals surface area (Å²) in [6.07, 6.45) is 0. The predicted octanol–water partition coefficient (Wildman–Crippen LogP) is 1.02. The largest absolute Gasteiger partial charge is 0.478 e. The molecular weight excluding hydrogens is 293 g/mol. The minimum absolute atomic E-state index is 0.216. The van der Waals surface area contributed by atoms with E-state index >= 15 is 0 Å². The Morgan fingerprint density at radius 3 is 2.70 bits per heavy atom. The maximum atomic E-state index is 13.2. The van der Waals surface area contributed by atoms with Crippen LogP contribution in [-0.2, 0) is 10.0 Å². The number of nitrogens with one attached hydrogen (secondary N) is 1. The van der Waals surface area contributed by atoms with Crippen LogP contribution < -0.4 is 4.72 Å². The Balaban J connectivity index is 2.39. The van der Waals surface area contributed by atoms with Gasteiger partial charge in [0.05, 0.1) is 10.5 Å². The topological polar surface area (TPSA) is 122 Å². The second kappa shape index (κ2) is 4.89. The molecule has 0 unspecified atom stereocenters. The number of halogens is 1. The number of hydrogen-bond donors (Lipinski definition) is 2. The second-order valence-corrected chi connectivity index (χ2v) is 5.38. The lowest BCUT2D eigenvalue weighted by Gasteiger charge is -2.05. The number of carbonyl (C=O) groups is 1. The van der Waals surface area contributed by atoms with Gasteiger partial charge in [0.1, 0.15) is 5.82 Å². The van der Waals surface area contributed by atoms with Crippen molar-refractivity contribution in [1.29, 1.82) is 0 Å². The molecule has 0 saturated carbocycles. The summed E-state index contributed by atoms with van der Waals surface area (Å²) in [4.78, 5) is 14.0. The van der Waals surface area contributed by atoms with Crippen molar-refractivity contribution in [1.82, 2.24) is 10.1 Å². The summed E-state index contributed by atoms with van der Waals surface area (Å²) in [6, 6.07) is 2.00. The lowest BCUT2D eigenvalue weighted by Crippen LogP contribution is -2.14. The Hall–Kier alpha value is -2.49. The maximum absolute atomic E-state index is 13.2. The summed E-state index contributed by atoms with van der Waals surface area (Å²) in [7, 11) is -4.15. The number of hydrogen-bond acceptors (Lipinski definition) is 6. The Labute approximate surface area is 112 Å². The standard InChI is InChI=1S/C10H8FN3O5S/c1-5-12-10(19-13-5)14-20(17,18)6-2-3-8(11)7(4-6)9(15)16/h2-4H,1H3,(H,15,16)(H,12,13,14). The lowest BCUT2D eigenvalue weighted by atomic mass is 10.2. The molecular formula is C10H8FN3O5S. The third-order valence-corrected chi connectivity index (χ3v) is 3.55. The van der Waals surface area contributed by atoms with E-state index in [2.05, 4.69) is 14.7 Å². The highest BCUT2D eigenvalue weighted by Gasteiger charge is 2.21. The molecule has 106 valence electrons. The van der Waals surface area contributed by atoms with Gasteiger partial charge in [0.25, 0.3) is 10.0 Å². The van der Waals surface area contributed by atoms with Crippen LogP contribution in [0.25, 0.3) is 0 Å². The van der Waals surface area contributed by atoms with Gasteiger partial charge in [0.2, 0.25) is 0 Å². The van der Waals surface area contributed by atoms with Gasteiger partial charge in [-0.3, -0.25) is 0 Å². The van der Waals surface area contributed by atoms with Crippen LogP contribution in [0.5, 0.6) is 0 Å². The van der Waals surface area contributed by atoms with Crippen molar-refractivity contribution in [2.75, 3.05) is 4.72 Å². The van der Waals surface area contributed by atoms with E-state index in [1.165, 1.54) is 6.92 Å². The minimum atomic E-state index is -4.15. The average Bonchev–Trinajstić information content (AvgIpc) is 2.73. The van der Waals surface area contributed by atoms with Crippen LogP contribution in [0.15, 0.2) is 27.6 Å². The zero-order chi connectivity index (χ0) is 14.9. The molecule has 0 saturated heterocycles. The van der Waals surface area contributed by atoms with Gasteiger partial charge in [-0.2, -0.15) is 4.98 Å². The SMILES string of the molecule is Cc1noc(NS(=O)(=O)c2ccc(F)c(C(=O)O)c2)n1.